The molecule has 0 aliphatic rings. The SMILES string of the molecule is CCc1ccc2oc3ccccc3c(=S)c2c1. The van der Waals surface area contributed by atoms with Crippen molar-refractivity contribution in [1.82, 2.24) is 0 Å². The van der Waals surface area contributed by atoms with Crippen molar-refractivity contribution in [3.05, 3.63) is 52.5 Å². The number of rotatable bonds is 1. The average Bonchev–Trinajstić information content (AvgIpc) is 2.39. The fraction of sp³-hybridized carbons (Fsp3) is 0.133. The first-order valence-corrected chi connectivity index (χ1v) is 6.15. The Morgan fingerprint density at radius 2 is 1.76 bits per heavy atom. The third-order valence-electron chi connectivity index (χ3n) is 3.05. The summed E-state index contributed by atoms with van der Waals surface area (Å²) in [7, 11) is 0. The van der Waals surface area contributed by atoms with Gasteiger partial charge in [0, 0.05) is 10.8 Å². The quantitative estimate of drug-likeness (QED) is 0.444. The van der Waals surface area contributed by atoms with E-state index < -0.39 is 0 Å². The van der Waals surface area contributed by atoms with Gasteiger partial charge >= 0.3 is 0 Å². The Hall–Kier alpha value is -1.67. The first kappa shape index (κ1) is 10.5. The zero-order valence-electron chi connectivity index (χ0n) is 9.57. The molecule has 3 rings (SSSR count). The molecule has 0 saturated carbocycles. The summed E-state index contributed by atoms with van der Waals surface area (Å²) in [6, 6.07) is 14.2. The van der Waals surface area contributed by atoms with Gasteiger partial charge in [0.2, 0.25) is 0 Å². The zero-order chi connectivity index (χ0) is 11.8. The van der Waals surface area contributed by atoms with Crippen LogP contribution in [0.15, 0.2) is 46.9 Å². The van der Waals surface area contributed by atoms with E-state index in [1.165, 1.54) is 5.56 Å². The van der Waals surface area contributed by atoms with Crippen LogP contribution in [0.25, 0.3) is 21.9 Å². The van der Waals surface area contributed by atoms with Gasteiger partial charge in [0.1, 0.15) is 11.2 Å². The minimum Gasteiger partial charge on any atom is -0.456 e. The third-order valence-corrected chi connectivity index (χ3v) is 3.49. The molecule has 0 unspecified atom stereocenters. The molecule has 0 N–H and O–H groups in total. The van der Waals surface area contributed by atoms with Gasteiger partial charge in [-0.3, -0.25) is 0 Å². The predicted molar refractivity (Wildman–Crippen MR) is 73.9 cm³/mol. The van der Waals surface area contributed by atoms with Crippen LogP contribution in [-0.4, -0.2) is 0 Å². The van der Waals surface area contributed by atoms with Crippen molar-refractivity contribution in [3.63, 3.8) is 0 Å². The highest BCUT2D eigenvalue weighted by atomic mass is 32.1. The Labute approximate surface area is 105 Å². The van der Waals surface area contributed by atoms with E-state index in [0.29, 0.717) is 0 Å². The van der Waals surface area contributed by atoms with Gasteiger partial charge in [-0.15, -0.1) is 0 Å². The van der Waals surface area contributed by atoms with Crippen molar-refractivity contribution in [2.75, 3.05) is 0 Å². The molecule has 17 heavy (non-hydrogen) atoms. The predicted octanol–water partition coefficient (Wildman–Crippen LogP) is 4.88. The van der Waals surface area contributed by atoms with Gasteiger partial charge in [-0.2, -0.15) is 0 Å². The molecule has 0 saturated heterocycles. The van der Waals surface area contributed by atoms with E-state index in [2.05, 4.69) is 19.1 Å². The maximum atomic E-state index is 5.86. The smallest absolute Gasteiger partial charge is 0.136 e. The normalized spacial score (nSPS) is 11.1. The summed E-state index contributed by atoms with van der Waals surface area (Å²) in [5.41, 5.74) is 3.01. The Balaban J connectivity index is 2.51. The van der Waals surface area contributed by atoms with E-state index in [4.69, 9.17) is 16.6 Å². The van der Waals surface area contributed by atoms with E-state index in [1.54, 1.807) is 0 Å². The number of benzene rings is 2. The molecule has 1 nitrogen and oxygen atoms in total. The van der Waals surface area contributed by atoms with Crippen LogP contribution >= 0.6 is 12.2 Å². The van der Waals surface area contributed by atoms with Gasteiger partial charge in [-0.1, -0.05) is 37.3 Å². The molecule has 0 atom stereocenters. The van der Waals surface area contributed by atoms with E-state index in [1.807, 2.05) is 30.3 Å². The molecule has 3 aromatic rings. The fourth-order valence-electron chi connectivity index (χ4n) is 2.07. The summed E-state index contributed by atoms with van der Waals surface area (Å²) in [5, 5.41) is 2.06. The van der Waals surface area contributed by atoms with E-state index in [9.17, 15) is 0 Å². The average molecular weight is 240 g/mol. The van der Waals surface area contributed by atoms with Crippen molar-refractivity contribution < 1.29 is 4.42 Å². The van der Waals surface area contributed by atoms with Crippen LogP contribution in [0.5, 0.6) is 0 Å². The summed E-state index contributed by atoms with van der Waals surface area (Å²) >= 11 is 5.54. The number of hydrogen-bond donors (Lipinski definition) is 0. The molecular weight excluding hydrogens is 228 g/mol. The lowest BCUT2D eigenvalue weighted by Gasteiger charge is -2.04. The first-order valence-electron chi connectivity index (χ1n) is 5.74. The molecule has 2 heteroatoms. The van der Waals surface area contributed by atoms with Crippen LogP contribution in [-0.2, 0) is 6.42 Å². The lowest BCUT2D eigenvalue weighted by molar-refractivity contribution is 0.660. The third kappa shape index (κ3) is 1.65. The summed E-state index contributed by atoms with van der Waals surface area (Å²) < 4.78 is 6.75. The zero-order valence-corrected chi connectivity index (χ0v) is 10.4. The summed E-state index contributed by atoms with van der Waals surface area (Å²) in [6.45, 7) is 2.14. The summed E-state index contributed by atoms with van der Waals surface area (Å²) in [6.07, 6.45) is 1.01. The lowest BCUT2D eigenvalue weighted by atomic mass is 10.1. The molecule has 84 valence electrons. The molecular formula is C15H12OS. The second kappa shape index (κ2) is 3.97. The van der Waals surface area contributed by atoms with Crippen LogP contribution in [0.3, 0.4) is 0 Å². The van der Waals surface area contributed by atoms with E-state index in [-0.39, 0.29) is 0 Å². The topological polar surface area (TPSA) is 13.1 Å². The van der Waals surface area contributed by atoms with Crippen molar-refractivity contribution in [1.29, 1.82) is 0 Å². The fourth-order valence-corrected chi connectivity index (χ4v) is 2.40. The van der Waals surface area contributed by atoms with Gasteiger partial charge in [0.05, 0.1) is 4.51 Å². The number of para-hydroxylation sites is 1. The number of fused-ring (bicyclic) bond motifs is 2. The molecule has 0 amide bonds. The molecule has 1 heterocycles. The van der Waals surface area contributed by atoms with Crippen molar-refractivity contribution >= 4 is 34.2 Å². The van der Waals surface area contributed by atoms with Crippen molar-refractivity contribution in [2.24, 2.45) is 0 Å². The Bertz CT molecular complexity index is 756. The van der Waals surface area contributed by atoms with Crippen molar-refractivity contribution in [2.45, 2.75) is 13.3 Å². The number of aryl methyl sites for hydroxylation is 1. The highest BCUT2D eigenvalue weighted by Crippen LogP contribution is 2.26. The Morgan fingerprint density at radius 3 is 2.59 bits per heavy atom. The van der Waals surface area contributed by atoms with Crippen LogP contribution in [0.1, 0.15) is 12.5 Å². The second-order valence-electron chi connectivity index (χ2n) is 4.11. The largest absolute Gasteiger partial charge is 0.456 e. The molecule has 0 spiro atoms. The summed E-state index contributed by atoms with van der Waals surface area (Å²) in [5.74, 6) is 0. The molecule has 0 aliphatic heterocycles. The van der Waals surface area contributed by atoms with E-state index in [0.717, 1.165) is 32.9 Å². The van der Waals surface area contributed by atoms with Crippen LogP contribution in [0.4, 0.5) is 0 Å². The minimum atomic E-state index is 0.856. The molecule has 1 aromatic heterocycles. The minimum absolute atomic E-state index is 0.856. The number of hydrogen-bond acceptors (Lipinski definition) is 2. The van der Waals surface area contributed by atoms with Gasteiger partial charge in [-0.05, 0) is 36.2 Å². The van der Waals surface area contributed by atoms with E-state index >= 15 is 0 Å². The first-order chi connectivity index (χ1) is 8.29. The molecule has 0 aliphatic carbocycles. The van der Waals surface area contributed by atoms with Crippen molar-refractivity contribution in [3.8, 4) is 0 Å². The Kier molecular flexibility index (Phi) is 2.45. The van der Waals surface area contributed by atoms with Gasteiger partial charge in [0.15, 0.2) is 0 Å². The molecule has 0 fully saturated rings. The maximum Gasteiger partial charge on any atom is 0.136 e. The second-order valence-corrected chi connectivity index (χ2v) is 4.52. The standard InChI is InChI=1S/C15H12OS/c1-2-10-7-8-14-12(9-10)15(17)11-5-3-4-6-13(11)16-14/h3-9H,2H2,1H3. The summed E-state index contributed by atoms with van der Waals surface area (Å²) in [4.78, 5) is 0. The highest BCUT2D eigenvalue weighted by Gasteiger charge is 2.04. The van der Waals surface area contributed by atoms with Crippen LogP contribution in [0, 0.1) is 4.51 Å². The van der Waals surface area contributed by atoms with Gasteiger partial charge in [-0.25, -0.2) is 0 Å². The van der Waals surface area contributed by atoms with Crippen LogP contribution in [0.2, 0.25) is 0 Å². The Morgan fingerprint density at radius 1 is 1.00 bits per heavy atom. The molecule has 2 aromatic carbocycles. The molecule has 0 radical (unpaired) electrons. The molecule has 0 bridgehead atoms. The monoisotopic (exact) mass is 240 g/mol. The van der Waals surface area contributed by atoms with Gasteiger partial charge in [0.25, 0.3) is 0 Å². The van der Waals surface area contributed by atoms with Crippen LogP contribution < -0.4 is 0 Å². The van der Waals surface area contributed by atoms with Gasteiger partial charge < -0.3 is 4.42 Å². The maximum absolute atomic E-state index is 5.86. The highest BCUT2D eigenvalue weighted by molar-refractivity contribution is 7.72. The lowest BCUT2D eigenvalue weighted by Crippen LogP contribution is -1.83.